The van der Waals surface area contributed by atoms with Crippen molar-refractivity contribution in [3.63, 3.8) is 0 Å². The van der Waals surface area contributed by atoms with E-state index in [1.54, 1.807) is 0 Å². The standard InChI is InChI=1S/C7H8N4O2/c1-2-5(12)9-4-3-6-10-11-7(8)13-6/h1H,3-4H2,(H2,8,11)(H,9,12). The fraction of sp³-hybridized carbons (Fsp3) is 0.286. The molecule has 0 aliphatic heterocycles. The number of nitrogens with zero attached hydrogens (tertiary/aromatic N) is 2. The first-order valence-electron chi connectivity index (χ1n) is 3.54. The molecule has 1 aromatic rings. The monoisotopic (exact) mass is 180 g/mol. The normalized spacial score (nSPS) is 9.15. The van der Waals surface area contributed by atoms with Crippen molar-refractivity contribution >= 4 is 11.9 Å². The summed E-state index contributed by atoms with van der Waals surface area (Å²) in [7, 11) is 0. The van der Waals surface area contributed by atoms with Crippen LogP contribution in [0.15, 0.2) is 4.42 Å². The molecule has 0 aromatic carbocycles. The smallest absolute Gasteiger partial charge is 0.312 e. The summed E-state index contributed by atoms with van der Waals surface area (Å²) in [5, 5.41) is 9.48. The van der Waals surface area contributed by atoms with Crippen molar-refractivity contribution in [3.8, 4) is 12.3 Å². The highest BCUT2D eigenvalue weighted by atomic mass is 16.4. The predicted octanol–water partition coefficient (Wildman–Crippen LogP) is -1.06. The van der Waals surface area contributed by atoms with Gasteiger partial charge in [-0.1, -0.05) is 5.10 Å². The fourth-order valence-electron chi connectivity index (χ4n) is 0.702. The first-order chi connectivity index (χ1) is 6.22. The van der Waals surface area contributed by atoms with E-state index in [9.17, 15) is 4.79 Å². The van der Waals surface area contributed by atoms with Crippen LogP contribution in [0.4, 0.5) is 6.01 Å². The van der Waals surface area contributed by atoms with Crippen molar-refractivity contribution in [1.82, 2.24) is 15.5 Å². The van der Waals surface area contributed by atoms with Crippen LogP contribution >= 0.6 is 0 Å². The Morgan fingerprint density at radius 1 is 1.69 bits per heavy atom. The molecule has 0 bridgehead atoms. The molecular weight excluding hydrogens is 172 g/mol. The number of hydrogen-bond donors (Lipinski definition) is 2. The zero-order chi connectivity index (χ0) is 9.68. The number of nitrogens with two attached hydrogens (primary N) is 1. The maximum atomic E-state index is 10.6. The van der Waals surface area contributed by atoms with E-state index in [0.29, 0.717) is 18.9 Å². The molecular formula is C7H8N4O2. The van der Waals surface area contributed by atoms with E-state index in [2.05, 4.69) is 15.5 Å². The molecule has 1 heterocycles. The van der Waals surface area contributed by atoms with Crippen LogP contribution in [0.3, 0.4) is 0 Å². The van der Waals surface area contributed by atoms with Crippen LogP contribution in [0.25, 0.3) is 0 Å². The average molecular weight is 180 g/mol. The minimum atomic E-state index is -0.465. The van der Waals surface area contributed by atoms with E-state index in [4.69, 9.17) is 16.6 Å². The second-order valence-electron chi connectivity index (χ2n) is 2.18. The Labute approximate surface area is 74.5 Å². The first-order valence-corrected chi connectivity index (χ1v) is 3.54. The topological polar surface area (TPSA) is 94.0 Å². The summed E-state index contributed by atoms with van der Waals surface area (Å²) >= 11 is 0. The summed E-state index contributed by atoms with van der Waals surface area (Å²) in [6, 6.07) is 0.0123. The highest BCUT2D eigenvalue weighted by Crippen LogP contribution is 1.99. The van der Waals surface area contributed by atoms with Crippen LogP contribution < -0.4 is 11.1 Å². The third-order valence-corrected chi connectivity index (χ3v) is 1.24. The molecule has 0 saturated carbocycles. The van der Waals surface area contributed by atoms with E-state index in [1.807, 2.05) is 5.92 Å². The Hall–Kier alpha value is -2.03. The van der Waals surface area contributed by atoms with E-state index >= 15 is 0 Å². The van der Waals surface area contributed by atoms with Crippen LogP contribution in [0.2, 0.25) is 0 Å². The van der Waals surface area contributed by atoms with Gasteiger partial charge < -0.3 is 15.5 Å². The summed E-state index contributed by atoms with van der Waals surface area (Å²) in [6.07, 6.45) is 5.24. The van der Waals surface area contributed by atoms with Crippen molar-refractivity contribution in [2.45, 2.75) is 6.42 Å². The molecule has 1 amide bonds. The average Bonchev–Trinajstić information content (AvgIpc) is 2.51. The van der Waals surface area contributed by atoms with Gasteiger partial charge in [-0.2, -0.15) is 0 Å². The third kappa shape index (κ3) is 2.83. The second-order valence-corrected chi connectivity index (χ2v) is 2.18. The lowest BCUT2D eigenvalue weighted by Crippen LogP contribution is -2.23. The van der Waals surface area contributed by atoms with Crippen LogP contribution in [0.5, 0.6) is 0 Å². The Kier molecular flexibility index (Phi) is 2.87. The molecule has 1 aromatic heterocycles. The molecule has 0 atom stereocenters. The number of nitrogen functional groups attached to an aromatic ring is 1. The molecule has 0 spiro atoms. The van der Waals surface area contributed by atoms with Gasteiger partial charge in [0.15, 0.2) is 0 Å². The number of carbonyl (C=O) groups excluding carboxylic acids is 1. The van der Waals surface area contributed by atoms with Crippen LogP contribution in [0.1, 0.15) is 5.89 Å². The number of anilines is 1. The Bertz CT molecular complexity index is 339. The van der Waals surface area contributed by atoms with Crippen LogP contribution in [-0.2, 0) is 11.2 Å². The molecule has 0 aliphatic carbocycles. The van der Waals surface area contributed by atoms with Crippen molar-refractivity contribution in [2.24, 2.45) is 0 Å². The molecule has 0 saturated heterocycles. The SMILES string of the molecule is C#CC(=O)NCCc1nnc(N)o1. The molecule has 68 valence electrons. The molecule has 6 heteroatoms. The van der Waals surface area contributed by atoms with E-state index in [0.717, 1.165) is 0 Å². The van der Waals surface area contributed by atoms with Gasteiger partial charge in [0, 0.05) is 13.0 Å². The lowest BCUT2D eigenvalue weighted by molar-refractivity contribution is -0.115. The summed E-state index contributed by atoms with van der Waals surface area (Å²) in [6.45, 7) is 0.352. The number of nitrogens with one attached hydrogen (secondary N) is 1. The van der Waals surface area contributed by atoms with E-state index in [-0.39, 0.29) is 6.01 Å². The van der Waals surface area contributed by atoms with Gasteiger partial charge >= 0.3 is 6.01 Å². The zero-order valence-electron chi connectivity index (χ0n) is 6.78. The lowest BCUT2D eigenvalue weighted by Gasteiger charge is -1.95. The summed E-state index contributed by atoms with van der Waals surface area (Å²) < 4.78 is 4.85. The maximum absolute atomic E-state index is 10.6. The minimum absolute atomic E-state index is 0.0123. The molecule has 13 heavy (non-hydrogen) atoms. The number of aromatic nitrogens is 2. The summed E-state index contributed by atoms with van der Waals surface area (Å²) in [4.78, 5) is 10.6. The largest absolute Gasteiger partial charge is 0.408 e. The molecule has 0 fully saturated rings. The van der Waals surface area contributed by atoms with Crippen molar-refractivity contribution in [1.29, 1.82) is 0 Å². The number of terminal acetylenes is 1. The number of hydrogen-bond acceptors (Lipinski definition) is 5. The summed E-state index contributed by atoms with van der Waals surface area (Å²) in [5.41, 5.74) is 5.18. The van der Waals surface area contributed by atoms with Gasteiger partial charge in [-0.3, -0.25) is 4.79 Å². The van der Waals surface area contributed by atoms with Gasteiger partial charge in [0.2, 0.25) is 5.89 Å². The Morgan fingerprint density at radius 2 is 2.46 bits per heavy atom. The first kappa shape index (κ1) is 9.06. The number of rotatable bonds is 3. The molecule has 1 rings (SSSR count). The third-order valence-electron chi connectivity index (χ3n) is 1.24. The minimum Gasteiger partial charge on any atom is -0.408 e. The highest BCUT2D eigenvalue weighted by molar-refractivity contribution is 5.92. The van der Waals surface area contributed by atoms with Crippen LogP contribution in [0, 0.1) is 12.3 Å². The van der Waals surface area contributed by atoms with Gasteiger partial charge in [0.05, 0.1) is 0 Å². The molecule has 6 nitrogen and oxygen atoms in total. The van der Waals surface area contributed by atoms with E-state index in [1.165, 1.54) is 0 Å². The van der Waals surface area contributed by atoms with Gasteiger partial charge in [-0.25, -0.2) is 0 Å². The van der Waals surface area contributed by atoms with Crippen LogP contribution in [-0.4, -0.2) is 22.6 Å². The number of amides is 1. The van der Waals surface area contributed by atoms with Gasteiger partial charge in [-0.05, 0) is 5.92 Å². The molecule has 0 aliphatic rings. The van der Waals surface area contributed by atoms with Crippen molar-refractivity contribution < 1.29 is 9.21 Å². The Balaban J connectivity index is 2.29. The van der Waals surface area contributed by atoms with Gasteiger partial charge in [0.1, 0.15) is 0 Å². The zero-order valence-corrected chi connectivity index (χ0v) is 6.78. The number of carbonyl (C=O) groups is 1. The second kappa shape index (κ2) is 4.11. The quantitative estimate of drug-likeness (QED) is 0.578. The maximum Gasteiger partial charge on any atom is 0.312 e. The molecule has 0 unspecified atom stereocenters. The Morgan fingerprint density at radius 3 is 3.00 bits per heavy atom. The highest BCUT2D eigenvalue weighted by Gasteiger charge is 2.02. The van der Waals surface area contributed by atoms with Crippen molar-refractivity contribution in [3.05, 3.63) is 5.89 Å². The molecule has 3 N–H and O–H groups in total. The van der Waals surface area contributed by atoms with Crippen molar-refractivity contribution in [2.75, 3.05) is 12.3 Å². The molecule has 0 radical (unpaired) electrons. The predicted molar refractivity (Wildman–Crippen MR) is 44.3 cm³/mol. The van der Waals surface area contributed by atoms with E-state index < -0.39 is 5.91 Å². The fourth-order valence-corrected chi connectivity index (χ4v) is 0.702. The summed E-state index contributed by atoms with van der Waals surface area (Å²) in [5.74, 6) is 1.82. The lowest BCUT2D eigenvalue weighted by atomic mass is 10.4. The van der Waals surface area contributed by atoms with Gasteiger partial charge in [-0.15, -0.1) is 11.5 Å². The van der Waals surface area contributed by atoms with Gasteiger partial charge in [0.25, 0.3) is 5.91 Å².